The number of fused-ring (bicyclic) bond motifs is 1. The second kappa shape index (κ2) is 2.97. The van der Waals surface area contributed by atoms with E-state index in [1.165, 1.54) is 0 Å². The largest absolute Gasteiger partial charge is 0.370 e. The van der Waals surface area contributed by atoms with Crippen LogP contribution in [0.25, 0.3) is 0 Å². The van der Waals surface area contributed by atoms with Crippen LogP contribution in [0.4, 0.5) is 5.69 Å². The number of rotatable bonds is 0. The molecule has 6 heteroatoms. The predicted molar refractivity (Wildman–Crippen MR) is 53.0 cm³/mol. The van der Waals surface area contributed by atoms with Gasteiger partial charge in [-0.3, -0.25) is 0 Å². The van der Waals surface area contributed by atoms with Crippen molar-refractivity contribution in [3.05, 3.63) is 22.7 Å². The van der Waals surface area contributed by atoms with E-state index in [-0.39, 0.29) is 11.6 Å². The van der Waals surface area contributed by atoms with Crippen LogP contribution < -0.4 is 10.0 Å². The maximum Gasteiger partial charge on any atom is 0.244 e. The summed E-state index contributed by atoms with van der Waals surface area (Å²) < 4.78 is 26.0. The highest BCUT2D eigenvalue weighted by molar-refractivity contribution is 9.10. The van der Waals surface area contributed by atoms with E-state index >= 15 is 0 Å². The average molecular weight is 263 g/mol. The molecule has 0 amide bonds. The van der Waals surface area contributed by atoms with Gasteiger partial charge in [0.15, 0.2) is 0 Å². The molecule has 1 aliphatic rings. The molecule has 2 rings (SSSR count). The fourth-order valence-corrected chi connectivity index (χ4v) is 2.81. The van der Waals surface area contributed by atoms with Gasteiger partial charge in [-0.2, -0.15) is 4.72 Å². The van der Waals surface area contributed by atoms with E-state index in [4.69, 9.17) is 0 Å². The van der Waals surface area contributed by atoms with Gasteiger partial charge in [0.25, 0.3) is 0 Å². The lowest BCUT2D eigenvalue weighted by atomic mass is 10.3. The Kier molecular flexibility index (Phi) is 2.05. The zero-order valence-corrected chi connectivity index (χ0v) is 8.94. The number of halogens is 1. The topological polar surface area (TPSA) is 58.2 Å². The first-order valence-electron chi connectivity index (χ1n) is 3.63. The lowest BCUT2D eigenvalue weighted by Gasteiger charge is -2.18. The second-order valence-corrected chi connectivity index (χ2v) is 5.29. The van der Waals surface area contributed by atoms with Crippen molar-refractivity contribution in [2.24, 2.45) is 0 Å². The molecule has 0 aliphatic carbocycles. The molecule has 1 heterocycles. The Morgan fingerprint density at radius 1 is 1.38 bits per heavy atom. The zero-order chi connectivity index (χ0) is 9.47. The zero-order valence-electron chi connectivity index (χ0n) is 6.54. The smallest absolute Gasteiger partial charge is 0.244 e. The number of sulfonamides is 1. The third-order valence-electron chi connectivity index (χ3n) is 1.77. The van der Waals surface area contributed by atoms with Gasteiger partial charge in [-0.05, 0) is 18.2 Å². The van der Waals surface area contributed by atoms with Crippen molar-refractivity contribution in [1.29, 1.82) is 0 Å². The van der Waals surface area contributed by atoms with Crippen molar-refractivity contribution in [2.75, 3.05) is 12.0 Å². The molecule has 0 saturated carbocycles. The number of hydrogen-bond acceptors (Lipinski definition) is 3. The quantitative estimate of drug-likeness (QED) is 0.737. The summed E-state index contributed by atoms with van der Waals surface area (Å²) in [7, 11) is -3.31. The van der Waals surface area contributed by atoms with Gasteiger partial charge < -0.3 is 5.32 Å². The third kappa shape index (κ3) is 1.56. The molecular weight excluding hydrogens is 256 g/mol. The summed E-state index contributed by atoms with van der Waals surface area (Å²) in [5.74, 6) is 0. The van der Waals surface area contributed by atoms with Gasteiger partial charge in [0.2, 0.25) is 10.0 Å². The van der Waals surface area contributed by atoms with Gasteiger partial charge in [-0.15, -0.1) is 0 Å². The fourth-order valence-electron chi connectivity index (χ4n) is 1.17. The van der Waals surface area contributed by atoms with Crippen molar-refractivity contribution >= 4 is 31.6 Å². The van der Waals surface area contributed by atoms with Crippen LogP contribution in [0.15, 0.2) is 27.6 Å². The van der Waals surface area contributed by atoms with Crippen LogP contribution in [0.1, 0.15) is 0 Å². The SMILES string of the molecule is O=S1(=O)NCNc2ccc(Br)cc21. The van der Waals surface area contributed by atoms with Crippen molar-refractivity contribution < 1.29 is 8.42 Å². The van der Waals surface area contributed by atoms with E-state index in [1.807, 2.05) is 0 Å². The molecule has 0 fully saturated rings. The highest BCUT2D eigenvalue weighted by Gasteiger charge is 2.22. The van der Waals surface area contributed by atoms with Crippen molar-refractivity contribution in [3.8, 4) is 0 Å². The monoisotopic (exact) mass is 262 g/mol. The minimum atomic E-state index is -3.31. The summed E-state index contributed by atoms with van der Waals surface area (Å²) in [5, 5.41) is 2.93. The molecule has 0 saturated heterocycles. The molecule has 0 bridgehead atoms. The molecule has 1 aromatic carbocycles. The van der Waals surface area contributed by atoms with Crippen LogP contribution in [0.2, 0.25) is 0 Å². The van der Waals surface area contributed by atoms with E-state index in [0.29, 0.717) is 5.69 Å². The van der Waals surface area contributed by atoms with Gasteiger partial charge in [-0.1, -0.05) is 15.9 Å². The molecule has 2 N–H and O–H groups in total. The molecule has 0 spiro atoms. The first kappa shape index (κ1) is 8.98. The van der Waals surface area contributed by atoms with Gasteiger partial charge in [0.05, 0.1) is 12.4 Å². The first-order chi connectivity index (χ1) is 6.09. The molecule has 0 aromatic heterocycles. The highest BCUT2D eigenvalue weighted by atomic mass is 79.9. The van der Waals surface area contributed by atoms with Crippen LogP contribution in [0.5, 0.6) is 0 Å². The molecule has 0 atom stereocenters. The van der Waals surface area contributed by atoms with Crippen LogP contribution in [-0.4, -0.2) is 15.1 Å². The number of anilines is 1. The second-order valence-electron chi connectivity index (χ2n) is 2.64. The molecular formula is C7H7BrN2O2S. The van der Waals surface area contributed by atoms with Crippen LogP contribution >= 0.6 is 15.9 Å². The van der Waals surface area contributed by atoms with Crippen molar-refractivity contribution in [1.82, 2.24) is 4.72 Å². The highest BCUT2D eigenvalue weighted by Crippen LogP contribution is 2.26. The summed E-state index contributed by atoms with van der Waals surface area (Å²) in [6, 6.07) is 5.11. The maximum atomic E-state index is 11.5. The van der Waals surface area contributed by atoms with Crippen LogP contribution in [0, 0.1) is 0 Å². The lowest BCUT2D eigenvalue weighted by Crippen LogP contribution is -2.34. The van der Waals surface area contributed by atoms with Crippen molar-refractivity contribution in [3.63, 3.8) is 0 Å². The third-order valence-corrected chi connectivity index (χ3v) is 3.71. The van der Waals surface area contributed by atoms with E-state index in [1.54, 1.807) is 18.2 Å². The Morgan fingerprint density at radius 3 is 2.92 bits per heavy atom. The Balaban J connectivity index is 2.68. The van der Waals surface area contributed by atoms with E-state index < -0.39 is 10.0 Å². The normalized spacial score (nSPS) is 18.8. The minimum Gasteiger partial charge on any atom is -0.370 e. The number of hydrogen-bond donors (Lipinski definition) is 2. The van der Waals surface area contributed by atoms with E-state index in [2.05, 4.69) is 26.0 Å². The summed E-state index contributed by atoms with van der Waals surface area (Å²) >= 11 is 3.22. The van der Waals surface area contributed by atoms with Gasteiger partial charge in [0, 0.05) is 4.47 Å². The molecule has 70 valence electrons. The first-order valence-corrected chi connectivity index (χ1v) is 5.90. The maximum absolute atomic E-state index is 11.5. The average Bonchev–Trinajstić information content (AvgIpc) is 2.06. The molecule has 1 aliphatic heterocycles. The van der Waals surface area contributed by atoms with Gasteiger partial charge in [0.1, 0.15) is 4.90 Å². The van der Waals surface area contributed by atoms with Gasteiger partial charge in [-0.25, -0.2) is 8.42 Å². The van der Waals surface area contributed by atoms with Crippen LogP contribution in [-0.2, 0) is 10.0 Å². The Labute approximate surface area is 84.5 Å². The summed E-state index contributed by atoms with van der Waals surface area (Å²) in [5.41, 5.74) is 0.641. The van der Waals surface area contributed by atoms with Gasteiger partial charge >= 0.3 is 0 Å². The van der Waals surface area contributed by atoms with E-state index in [9.17, 15) is 8.42 Å². The molecule has 13 heavy (non-hydrogen) atoms. The minimum absolute atomic E-state index is 0.247. The predicted octanol–water partition coefficient (Wildman–Crippen LogP) is 1.11. The van der Waals surface area contributed by atoms with Crippen molar-refractivity contribution in [2.45, 2.75) is 4.90 Å². The van der Waals surface area contributed by atoms with Crippen LogP contribution in [0.3, 0.4) is 0 Å². The molecule has 0 unspecified atom stereocenters. The summed E-state index contributed by atoms with van der Waals surface area (Å²) in [6.07, 6.45) is 0. The number of nitrogens with one attached hydrogen (secondary N) is 2. The Bertz CT molecular complexity index is 444. The number of benzene rings is 1. The molecule has 0 radical (unpaired) electrons. The van der Waals surface area contributed by atoms with E-state index in [0.717, 1.165) is 4.47 Å². The summed E-state index contributed by atoms with van der Waals surface area (Å²) in [4.78, 5) is 0.285. The molecule has 4 nitrogen and oxygen atoms in total. The Hall–Kier alpha value is -0.590. The summed E-state index contributed by atoms with van der Waals surface area (Å²) in [6.45, 7) is 0.247. The fraction of sp³-hybridized carbons (Fsp3) is 0.143. The molecule has 1 aromatic rings. The standard InChI is InChI=1S/C7H7BrN2O2S/c8-5-1-2-6-7(3-5)13(11,12)10-4-9-6/h1-3,9-10H,4H2. The lowest BCUT2D eigenvalue weighted by molar-refractivity contribution is 0.581. The Morgan fingerprint density at radius 2 is 2.15 bits per heavy atom.